The molecule has 1 unspecified atom stereocenters. The van der Waals surface area contributed by atoms with E-state index < -0.39 is 17.9 Å². The highest BCUT2D eigenvalue weighted by atomic mass is 16.4. The van der Waals surface area contributed by atoms with E-state index in [-0.39, 0.29) is 5.91 Å². The summed E-state index contributed by atoms with van der Waals surface area (Å²) in [6.45, 7) is 3.67. The number of carbonyl (C=O) groups is 3. The number of rotatable bonds is 7. The van der Waals surface area contributed by atoms with E-state index in [0.29, 0.717) is 29.7 Å². The Morgan fingerprint density at radius 2 is 1.69 bits per heavy atom. The van der Waals surface area contributed by atoms with Gasteiger partial charge in [0.25, 0.3) is 11.8 Å². The molecule has 0 bridgehead atoms. The second-order valence-corrected chi connectivity index (χ2v) is 6.00. The van der Waals surface area contributed by atoms with Crippen LogP contribution in [0.2, 0.25) is 0 Å². The molecule has 2 amide bonds. The number of anilines is 1. The lowest BCUT2D eigenvalue weighted by Crippen LogP contribution is -2.40. The lowest BCUT2D eigenvalue weighted by Gasteiger charge is -2.15. The molecule has 2 aromatic carbocycles. The van der Waals surface area contributed by atoms with Gasteiger partial charge in [-0.25, -0.2) is 4.79 Å². The molecule has 0 aliphatic carbocycles. The first-order chi connectivity index (χ1) is 12.4. The van der Waals surface area contributed by atoms with Crippen LogP contribution in [-0.4, -0.2) is 28.9 Å². The first kappa shape index (κ1) is 19.2. The van der Waals surface area contributed by atoms with Crippen molar-refractivity contribution in [2.24, 2.45) is 0 Å². The van der Waals surface area contributed by atoms with Crippen LogP contribution in [0.15, 0.2) is 48.5 Å². The molecule has 0 aliphatic heterocycles. The molecular formula is C20H22N2O4. The predicted octanol–water partition coefficient (Wildman–Crippen LogP) is 3.23. The predicted molar refractivity (Wildman–Crippen MR) is 99.4 cm³/mol. The maximum Gasteiger partial charge on any atom is 0.326 e. The molecule has 0 heterocycles. The third kappa shape index (κ3) is 4.92. The Hall–Kier alpha value is -3.15. The third-order valence-corrected chi connectivity index (χ3v) is 3.96. The molecule has 2 aromatic rings. The first-order valence-electron chi connectivity index (χ1n) is 8.43. The highest BCUT2D eigenvalue weighted by Crippen LogP contribution is 2.18. The Balaban J connectivity index is 2.17. The summed E-state index contributed by atoms with van der Waals surface area (Å²) in [6.07, 6.45) is 0.994. The van der Waals surface area contributed by atoms with Gasteiger partial charge in [-0.15, -0.1) is 0 Å². The molecule has 6 heteroatoms. The van der Waals surface area contributed by atoms with Crippen molar-refractivity contribution in [2.45, 2.75) is 32.7 Å². The van der Waals surface area contributed by atoms with Gasteiger partial charge in [0.15, 0.2) is 0 Å². The van der Waals surface area contributed by atoms with E-state index in [9.17, 15) is 19.5 Å². The quantitative estimate of drug-likeness (QED) is 0.711. The Morgan fingerprint density at radius 1 is 1.00 bits per heavy atom. The summed E-state index contributed by atoms with van der Waals surface area (Å²) in [5.74, 6) is -1.83. The van der Waals surface area contributed by atoms with Gasteiger partial charge >= 0.3 is 5.97 Å². The van der Waals surface area contributed by atoms with Crippen LogP contribution in [0, 0.1) is 6.92 Å². The van der Waals surface area contributed by atoms with Gasteiger partial charge in [0.05, 0.1) is 0 Å². The van der Waals surface area contributed by atoms with Gasteiger partial charge in [0.1, 0.15) is 6.04 Å². The Morgan fingerprint density at radius 3 is 2.31 bits per heavy atom. The molecule has 0 aliphatic rings. The average Bonchev–Trinajstić information content (AvgIpc) is 2.63. The van der Waals surface area contributed by atoms with Crippen LogP contribution in [0.3, 0.4) is 0 Å². The van der Waals surface area contributed by atoms with Crippen LogP contribution in [0.4, 0.5) is 5.69 Å². The molecule has 0 fully saturated rings. The smallest absolute Gasteiger partial charge is 0.326 e. The van der Waals surface area contributed by atoms with Crippen LogP contribution >= 0.6 is 0 Å². The number of carboxylic acids is 1. The van der Waals surface area contributed by atoms with Crippen molar-refractivity contribution in [1.82, 2.24) is 5.32 Å². The number of carboxylic acid groups (broad SMARTS) is 1. The van der Waals surface area contributed by atoms with Crippen molar-refractivity contribution >= 4 is 23.5 Å². The number of benzene rings is 2. The Labute approximate surface area is 152 Å². The normalized spacial score (nSPS) is 11.5. The maximum atomic E-state index is 12.4. The number of aryl methyl sites for hydroxylation is 1. The summed E-state index contributed by atoms with van der Waals surface area (Å²) in [4.78, 5) is 35.9. The van der Waals surface area contributed by atoms with Gasteiger partial charge in [-0.05, 0) is 43.2 Å². The molecule has 0 saturated carbocycles. The average molecular weight is 354 g/mol. The number of hydrogen-bond donors (Lipinski definition) is 3. The molecular weight excluding hydrogens is 332 g/mol. The van der Waals surface area contributed by atoms with E-state index in [2.05, 4.69) is 10.6 Å². The number of carbonyl (C=O) groups excluding carboxylic acids is 2. The lowest BCUT2D eigenvalue weighted by atomic mass is 10.1. The van der Waals surface area contributed by atoms with E-state index in [1.165, 1.54) is 0 Å². The molecule has 26 heavy (non-hydrogen) atoms. The Kier molecular flexibility index (Phi) is 6.49. The number of nitrogens with one attached hydrogen (secondary N) is 2. The van der Waals surface area contributed by atoms with E-state index in [1.807, 2.05) is 19.9 Å². The van der Waals surface area contributed by atoms with Crippen molar-refractivity contribution in [3.63, 3.8) is 0 Å². The monoisotopic (exact) mass is 354 g/mol. The zero-order valence-corrected chi connectivity index (χ0v) is 14.8. The summed E-state index contributed by atoms with van der Waals surface area (Å²) >= 11 is 0. The molecule has 6 nitrogen and oxygen atoms in total. The van der Waals surface area contributed by atoms with Gasteiger partial charge in [0, 0.05) is 16.8 Å². The summed E-state index contributed by atoms with van der Waals surface area (Å²) in [5.41, 5.74) is 2.11. The topological polar surface area (TPSA) is 95.5 Å². The van der Waals surface area contributed by atoms with E-state index in [4.69, 9.17) is 0 Å². The van der Waals surface area contributed by atoms with E-state index in [0.717, 1.165) is 5.56 Å². The van der Waals surface area contributed by atoms with Crippen molar-refractivity contribution < 1.29 is 19.5 Å². The van der Waals surface area contributed by atoms with Gasteiger partial charge < -0.3 is 15.7 Å². The summed E-state index contributed by atoms with van der Waals surface area (Å²) in [6, 6.07) is 12.7. The summed E-state index contributed by atoms with van der Waals surface area (Å²) < 4.78 is 0. The molecule has 2 rings (SSSR count). The highest BCUT2D eigenvalue weighted by molar-refractivity contribution is 6.05. The zero-order chi connectivity index (χ0) is 19.1. The standard InChI is InChI=1S/C20H22N2O4/c1-3-7-16(20(25)26)21-19(24)15-11-10-13(2)17(12-15)22-18(23)14-8-5-4-6-9-14/h4-6,8-12,16H,3,7H2,1-2H3,(H,21,24)(H,22,23)(H,25,26). The number of hydrogen-bond acceptors (Lipinski definition) is 3. The highest BCUT2D eigenvalue weighted by Gasteiger charge is 2.20. The second kappa shape index (κ2) is 8.80. The maximum absolute atomic E-state index is 12.4. The second-order valence-electron chi connectivity index (χ2n) is 6.00. The largest absolute Gasteiger partial charge is 0.480 e. The van der Waals surface area contributed by atoms with Crippen molar-refractivity contribution in [2.75, 3.05) is 5.32 Å². The minimum Gasteiger partial charge on any atom is -0.480 e. The van der Waals surface area contributed by atoms with Crippen LogP contribution in [0.5, 0.6) is 0 Å². The number of aliphatic carboxylic acids is 1. The molecule has 0 spiro atoms. The van der Waals surface area contributed by atoms with Crippen LogP contribution < -0.4 is 10.6 Å². The van der Waals surface area contributed by atoms with Crippen LogP contribution in [-0.2, 0) is 4.79 Å². The minimum absolute atomic E-state index is 0.277. The number of amides is 2. The molecule has 0 radical (unpaired) electrons. The van der Waals surface area contributed by atoms with Crippen molar-refractivity contribution in [3.8, 4) is 0 Å². The fourth-order valence-corrected chi connectivity index (χ4v) is 2.47. The summed E-state index contributed by atoms with van der Waals surface area (Å²) in [7, 11) is 0. The first-order valence-corrected chi connectivity index (χ1v) is 8.43. The van der Waals surface area contributed by atoms with Gasteiger partial charge in [-0.1, -0.05) is 37.6 Å². The Bertz CT molecular complexity index is 803. The molecule has 3 N–H and O–H groups in total. The third-order valence-electron chi connectivity index (χ3n) is 3.96. The zero-order valence-electron chi connectivity index (χ0n) is 14.8. The molecule has 0 aromatic heterocycles. The lowest BCUT2D eigenvalue weighted by molar-refractivity contribution is -0.139. The van der Waals surface area contributed by atoms with Crippen LogP contribution in [0.25, 0.3) is 0 Å². The van der Waals surface area contributed by atoms with Crippen molar-refractivity contribution in [3.05, 3.63) is 65.2 Å². The molecule has 136 valence electrons. The van der Waals surface area contributed by atoms with Gasteiger partial charge in [-0.2, -0.15) is 0 Å². The molecule has 0 saturated heterocycles. The summed E-state index contributed by atoms with van der Waals surface area (Å²) in [5, 5.41) is 14.5. The van der Waals surface area contributed by atoms with Gasteiger partial charge in [0.2, 0.25) is 0 Å². The van der Waals surface area contributed by atoms with Crippen LogP contribution in [0.1, 0.15) is 46.0 Å². The van der Waals surface area contributed by atoms with Gasteiger partial charge in [-0.3, -0.25) is 9.59 Å². The van der Waals surface area contributed by atoms with Crippen molar-refractivity contribution in [1.29, 1.82) is 0 Å². The van der Waals surface area contributed by atoms with E-state index >= 15 is 0 Å². The van der Waals surface area contributed by atoms with E-state index in [1.54, 1.807) is 42.5 Å². The minimum atomic E-state index is -1.06. The SMILES string of the molecule is CCCC(NC(=O)c1ccc(C)c(NC(=O)c2ccccc2)c1)C(=O)O. The molecule has 1 atom stereocenters. The fourth-order valence-electron chi connectivity index (χ4n) is 2.47. The fraction of sp³-hybridized carbons (Fsp3) is 0.250.